The molecule has 1 aliphatic rings. The van der Waals surface area contributed by atoms with Crippen LogP contribution in [0, 0.1) is 0 Å². The molecule has 6 nitrogen and oxygen atoms in total. The highest BCUT2D eigenvalue weighted by Gasteiger charge is 2.15. The first kappa shape index (κ1) is 13.6. The van der Waals surface area contributed by atoms with E-state index in [1.165, 1.54) is 0 Å². The van der Waals surface area contributed by atoms with Gasteiger partial charge in [-0.1, -0.05) is 6.07 Å². The Kier molecular flexibility index (Phi) is 4.24. The highest BCUT2D eigenvalue weighted by molar-refractivity contribution is 5.67. The first-order chi connectivity index (χ1) is 9.04. The Bertz CT molecular complexity index is 464. The Morgan fingerprint density at radius 2 is 2.21 bits per heavy atom. The van der Waals surface area contributed by atoms with Crippen molar-refractivity contribution in [1.29, 1.82) is 0 Å². The van der Waals surface area contributed by atoms with Crippen molar-refractivity contribution in [2.24, 2.45) is 5.73 Å². The zero-order valence-corrected chi connectivity index (χ0v) is 10.8. The number of rotatable bonds is 6. The second kappa shape index (κ2) is 5.90. The molecule has 19 heavy (non-hydrogen) atoms. The molecule has 0 aliphatic carbocycles. The normalized spacial score (nSPS) is 14.7. The summed E-state index contributed by atoms with van der Waals surface area (Å²) in [7, 11) is 1.91. The van der Waals surface area contributed by atoms with Crippen molar-refractivity contribution >= 4 is 5.97 Å². The van der Waals surface area contributed by atoms with Crippen molar-refractivity contribution in [3.63, 3.8) is 0 Å². The minimum atomic E-state index is -0.871. The maximum atomic E-state index is 10.5. The van der Waals surface area contributed by atoms with E-state index < -0.39 is 5.97 Å². The number of aliphatic carboxylic acids is 1. The third-order valence-electron chi connectivity index (χ3n) is 2.87. The van der Waals surface area contributed by atoms with E-state index in [1.807, 2.05) is 30.1 Å². The number of likely N-dealkylation sites (N-methyl/N-ethyl adjacent to an activating group) is 1. The minimum Gasteiger partial charge on any atom is -0.481 e. The van der Waals surface area contributed by atoms with Crippen LogP contribution in [0.25, 0.3) is 0 Å². The summed E-state index contributed by atoms with van der Waals surface area (Å²) in [5, 5.41) is 8.66. The zero-order valence-electron chi connectivity index (χ0n) is 10.8. The number of carboxylic acid groups (broad SMARTS) is 1. The first-order valence-electron chi connectivity index (χ1n) is 6.09. The number of carboxylic acids is 1. The fraction of sp³-hybridized carbons (Fsp3) is 0.462. The molecule has 0 saturated heterocycles. The molecule has 0 radical (unpaired) electrons. The van der Waals surface area contributed by atoms with E-state index in [4.69, 9.17) is 20.3 Å². The second-order valence-electron chi connectivity index (χ2n) is 4.74. The van der Waals surface area contributed by atoms with Crippen LogP contribution in [0.3, 0.4) is 0 Å². The molecule has 6 heteroatoms. The van der Waals surface area contributed by atoms with Crippen LogP contribution in [0.5, 0.6) is 11.5 Å². The lowest BCUT2D eigenvalue weighted by atomic mass is 10.1. The molecule has 0 saturated carbocycles. The first-order valence-corrected chi connectivity index (χ1v) is 6.09. The zero-order chi connectivity index (χ0) is 13.8. The lowest BCUT2D eigenvalue weighted by Crippen LogP contribution is -2.36. The van der Waals surface area contributed by atoms with E-state index in [-0.39, 0.29) is 19.3 Å². The van der Waals surface area contributed by atoms with Gasteiger partial charge in [0.05, 0.1) is 6.42 Å². The SMILES string of the molecule is CN(Cc1ccc2c(c1)OCO2)CC(N)CC(=O)O. The number of hydrogen-bond acceptors (Lipinski definition) is 5. The summed E-state index contributed by atoms with van der Waals surface area (Å²) in [6, 6.07) is 5.41. The van der Waals surface area contributed by atoms with E-state index in [9.17, 15) is 4.79 Å². The van der Waals surface area contributed by atoms with Crippen LogP contribution in [0.1, 0.15) is 12.0 Å². The molecule has 104 valence electrons. The Hall–Kier alpha value is -1.79. The maximum absolute atomic E-state index is 10.5. The van der Waals surface area contributed by atoms with Crippen molar-refractivity contribution in [1.82, 2.24) is 4.90 Å². The number of hydrogen-bond donors (Lipinski definition) is 2. The summed E-state index contributed by atoms with van der Waals surface area (Å²) >= 11 is 0. The van der Waals surface area contributed by atoms with Crippen LogP contribution in [0.2, 0.25) is 0 Å². The molecule has 0 fully saturated rings. The predicted octanol–water partition coefficient (Wildman–Crippen LogP) is 0.649. The topological polar surface area (TPSA) is 85.0 Å². The monoisotopic (exact) mass is 266 g/mol. The Morgan fingerprint density at radius 1 is 1.47 bits per heavy atom. The summed E-state index contributed by atoms with van der Waals surface area (Å²) < 4.78 is 10.6. The Morgan fingerprint density at radius 3 is 2.95 bits per heavy atom. The average molecular weight is 266 g/mol. The molecule has 0 amide bonds. The number of nitrogens with zero attached hydrogens (tertiary/aromatic N) is 1. The molecule has 1 heterocycles. The molecule has 0 aromatic heterocycles. The van der Waals surface area contributed by atoms with Gasteiger partial charge >= 0.3 is 5.97 Å². The lowest BCUT2D eigenvalue weighted by Gasteiger charge is -2.20. The number of nitrogens with two attached hydrogens (primary N) is 1. The molecule has 0 bridgehead atoms. The number of carbonyl (C=O) groups is 1. The summed E-state index contributed by atoms with van der Waals surface area (Å²) in [5.41, 5.74) is 6.83. The minimum absolute atomic E-state index is 0.0223. The van der Waals surface area contributed by atoms with Crippen molar-refractivity contribution in [3.05, 3.63) is 23.8 Å². The molecule has 1 unspecified atom stereocenters. The second-order valence-corrected chi connectivity index (χ2v) is 4.74. The van der Waals surface area contributed by atoms with Gasteiger partial charge in [-0.3, -0.25) is 4.79 Å². The van der Waals surface area contributed by atoms with Gasteiger partial charge in [0.2, 0.25) is 6.79 Å². The molecule has 3 N–H and O–H groups in total. The van der Waals surface area contributed by atoms with E-state index in [2.05, 4.69) is 0 Å². The van der Waals surface area contributed by atoms with Crippen LogP contribution in [-0.2, 0) is 11.3 Å². The van der Waals surface area contributed by atoms with E-state index in [0.717, 1.165) is 17.1 Å². The largest absolute Gasteiger partial charge is 0.481 e. The molecule has 1 aromatic rings. The maximum Gasteiger partial charge on any atom is 0.304 e. The van der Waals surface area contributed by atoms with Gasteiger partial charge in [-0.15, -0.1) is 0 Å². The summed E-state index contributed by atoms with van der Waals surface area (Å²) in [4.78, 5) is 12.5. The van der Waals surface area contributed by atoms with Gasteiger partial charge < -0.3 is 25.2 Å². The fourth-order valence-corrected chi connectivity index (χ4v) is 2.10. The molecule has 1 atom stereocenters. The van der Waals surface area contributed by atoms with Crippen LogP contribution in [0.15, 0.2) is 18.2 Å². The molecular weight excluding hydrogens is 248 g/mol. The van der Waals surface area contributed by atoms with E-state index in [0.29, 0.717) is 13.1 Å². The van der Waals surface area contributed by atoms with Gasteiger partial charge in [-0.05, 0) is 24.7 Å². The van der Waals surface area contributed by atoms with Crippen LogP contribution >= 0.6 is 0 Å². The van der Waals surface area contributed by atoms with Gasteiger partial charge in [0.1, 0.15) is 0 Å². The highest BCUT2D eigenvalue weighted by Crippen LogP contribution is 2.32. The smallest absolute Gasteiger partial charge is 0.304 e. The van der Waals surface area contributed by atoms with Gasteiger partial charge in [0, 0.05) is 19.1 Å². The molecule has 1 aliphatic heterocycles. The van der Waals surface area contributed by atoms with Crippen LogP contribution in [0.4, 0.5) is 0 Å². The van der Waals surface area contributed by atoms with Crippen molar-refractivity contribution < 1.29 is 19.4 Å². The number of benzene rings is 1. The molecule has 2 rings (SSSR count). The molecule has 0 spiro atoms. The van der Waals surface area contributed by atoms with Gasteiger partial charge in [0.15, 0.2) is 11.5 Å². The lowest BCUT2D eigenvalue weighted by molar-refractivity contribution is -0.137. The highest BCUT2D eigenvalue weighted by atomic mass is 16.7. The van der Waals surface area contributed by atoms with Crippen molar-refractivity contribution in [2.45, 2.75) is 19.0 Å². The predicted molar refractivity (Wildman–Crippen MR) is 69.1 cm³/mol. The van der Waals surface area contributed by atoms with Gasteiger partial charge in [-0.2, -0.15) is 0 Å². The Balaban J connectivity index is 1.88. The quantitative estimate of drug-likeness (QED) is 0.786. The summed E-state index contributed by atoms with van der Waals surface area (Å²) in [6.45, 7) is 1.48. The van der Waals surface area contributed by atoms with Crippen molar-refractivity contribution in [2.75, 3.05) is 20.4 Å². The fourth-order valence-electron chi connectivity index (χ4n) is 2.10. The van der Waals surface area contributed by atoms with Crippen LogP contribution < -0.4 is 15.2 Å². The molecular formula is C13H18N2O4. The third kappa shape index (κ3) is 3.84. The summed E-state index contributed by atoms with van der Waals surface area (Å²) in [6.07, 6.45) is -0.0223. The average Bonchev–Trinajstić information content (AvgIpc) is 2.74. The number of fused-ring (bicyclic) bond motifs is 1. The van der Waals surface area contributed by atoms with Gasteiger partial charge in [-0.25, -0.2) is 0 Å². The van der Waals surface area contributed by atoms with Gasteiger partial charge in [0.25, 0.3) is 0 Å². The number of ether oxygens (including phenoxy) is 2. The third-order valence-corrected chi connectivity index (χ3v) is 2.87. The Labute approximate surface area is 111 Å². The van der Waals surface area contributed by atoms with Crippen LogP contribution in [-0.4, -0.2) is 42.4 Å². The standard InChI is InChI=1S/C13H18N2O4/c1-15(7-10(14)5-13(16)17)6-9-2-3-11-12(4-9)19-8-18-11/h2-4,10H,5-8,14H2,1H3,(H,16,17). The van der Waals surface area contributed by atoms with Crippen molar-refractivity contribution in [3.8, 4) is 11.5 Å². The molecule has 1 aromatic carbocycles. The van der Waals surface area contributed by atoms with E-state index >= 15 is 0 Å². The van der Waals surface area contributed by atoms with E-state index in [1.54, 1.807) is 0 Å². The summed E-state index contributed by atoms with van der Waals surface area (Å²) in [5.74, 6) is 0.638.